The minimum atomic E-state index is -3.51. The molecule has 0 spiro atoms. The Kier molecular flexibility index (Phi) is 5.93. The average molecular weight is 292 g/mol. The van der Waals surface area contributed by atoms with E-state index in [4.69, 9.17) is 4.74 Å². The molecule has 0 aromatic heterocycles. The highest BCUT2D eigenvalue weighted by molar-refractivity contribution is 7.94. The van der Waals surface area contributed by atoms with Crippen molar-refractivity contribution in [3.05, 3.63) is 72.7 Å². The third-order valence-electron chi connectivity index (χ3n) is 2.40. The highest BCUT2D eigenvalue weighted by Gasteiger charge is 2.21. The Morgan fingerprint density at radius 3 is 2.45 bits per heavy atom. The minimum absolute atomic E-state index is 0.332. The van der Waals surface area contributed by atoms with Crippen molar-refractivity contribution in [3.8, 4) is 0 Å². The highest BCUT2D eigenvalue weighted by Crippen LogP contribution is 2.20. The number of allylic oxidation sites excluding steroid dienone is 2. The van der Waals surface area contributed by atoms with E-state index < -0.39 is 21.9 Å². The third kappa shape index (κ3) is 5.24. The molecule has 0 heterocycles. The van der Waals surface area contributed by atoms with Gasteiger partial charge in [0.1, 0.15) is 6.10 Å². The molecule has 1 rings (SSSR count). The van der Waals surface area contributed by atoms with Crippen molar-refractivity contribution in [1.29, 1.82) is 0 Å². The van der Waals surface area contributed by atoms with E-state index in [2.05, 4.69) is 13.2 Å². The molecule has 0 radical (unpaired) electrons. The van der Waals surface area contributed by atoms with Crippen LogP contribution in [0.3, 0.4) is 0 Å². The highest BCUT2D eigenvalue weighted by atomic mass is 32.2. The van der Waals surface area contributed by atoms with Crippen molar-refractivity contribution in [2.45, 2.75) is 6.10 Å². The summed E-state index contributed by atoms with van der Waals surface area (Å²) in [6.07, 6.45) is 2.82. The van der Waals surface area contributed by atoms with Crippen LogP contribution in [0.25, 0.3) is 0 Å². The summed E-state index contributed by atoms with van der Waals surface area (Å²) in [5, 5.41) is 1.04. The number of hydrogen-bond acceptors (Lipinski definition) is 4. The SMILES string of the molecule is C=C/C=C/S(=O)(=O)CC(OC(=O)C=C)c1ccccc1. The van der Waals surface area contributed by atoms with Crippen LogP contribution in [0.4, 0.5) is 0 Å². The molecule has 20 heavy (non-hydrogen) atoms. The molecular weight excluding hydrogens is 276 g/mol. The van der Waals surface area contributed by atoms with E-state index in [1.54, 1.807) is 30.3 Å². The molecule has 1 unspecified atom stereocenters. The Morgan fingerprint density at radius 2 is 1.90 bits per heavy atom. The van der Waals surface area contributed by atoms with Crippen LogP contribution in [0, 0.1) is 0 Å². The van der Waals surface area contributed by atoms with Gasteiger partial charge in [0.25, 0.3) is 0 Å². The van der Waals surface area contributed by atoms with Gasteiger partial charge >= 0.3 is 5.97 Å². The number of hydrogen-bond donors (Lipinski definition) is 0. The first kappa shape index (κ1) is 15.9. The first-order chi connectivity index (χ1) is 9.48. The molecule has 0 fully saturated rings. The number of carbonyl (C=O) groups excluding carboxylic acids is 1. The number of carbonyl (C=O) groups is 1. The molecule has 1 aromatic carbocycles. The lowest BCUT2D eigenvalue weighted by Gasteiger charge is -2.16. The second-order valence-corrected chi connectivity index (χ2v) is 5.87. The average Bonchev–Trinajstić information content (AvgIpc) is 2.45. The fraction of sp³-hybridized carbons (Fsp3) is 0.133. The van der Waals surface area contributed by atoms with Gasteiger partial charge in [-0.3, -0.25) is 0 Å². The number of ether oxygens (including phenoxy) is 1. The summed E-state index contributed by atoms with van der Waals surface area (Å²) in [6.45, 7) is 6.72. The molecule has 0 aliphatic carbocycles. The summed E-state index contributed by atoms with van der Waals surface area (Å²) in [7, 11) is -3.51. The Morgan fingerprint density at radius 1 is 1.25 bits per heavy atom. The van der Waals surface area contributed by atoms with Gasteiger partial charge in [-0.1, -0.05) is 55.6 Å². The molecule has 0 bridgehead atoms. The molecular formula is C15H16O4S. The molecule has 0 aliphatic rings. The zero-order valence-corrected chi connectivity index (χ0v) is 11.8. The monoisotopic (exact) mass is 292 g/mol. The van der Waals surface area contributed by atoms with Crippen molar-refractivity contribution in [3.63, 3.8) is 0 Å². The first-order valence-electron chi connectivity index (χ1n) is 5.88. The van der Waals surface area contributed by atoms with Gasteiger partial charge in [0.15, 0.2) is 9.84 Å². The van der Waals surface area contributed by atoms with E-state index in [0.717, 1.165) is 11.5 Å². The van der Waals surface area contributed by atoms with Crippen LogP contribution in [-0.4, -0.2) is 20.1 Å². The summed E-state index contributed by atoms with van der Waals surface area (Å²) >= 11 is 0. The van der Waals surface area contributed by atoms with E-state index in [1.807, 2.05) is 0 Å². The van der Waals surface area contributed by atoms with Gasteiger partial charge in [-0.25, -0.2) is 13.2 Å². The predicted molar refractivity (Wildman–Crippen MR) is 78.6 cm³/mol. The second kappa shape index (κ2) is 7.45. The van der Waals surface area contributed by atoms with Gasteiger partial charge in [0, 0.05) is 11.5 Å². The Balaban J connectivity index is 3.00. The lowest BCUT2D eigenvalue weighted by atomic mass is 10.1. The van der Waals surface area contributed by atoms with Crippen LogP contribution in [0.15, 0.2) is 67.1 Å². The van der Waals surface area contributed by atoms with E-state index in [-0.39, 0.29) is 5.75 Å². The normalized spacial score (nSPS) is 12.8. The molecule has 0 aliphatic heterocycles. The minimum Gasteiger partial charge on any atom is -0.453 e. The van der Waals surface area contributed by atoms with Gasteiger partial charge in [-0.15, -0.1) is 0 Å². The number of benzene rings is 1. The Bertz CT molecular complexity index is 600. The molecule has 0 saturated carbocycles. The van der Waals surface area contributed by atoms with Crippen LogP contribution in [0.2, 0.25) is 0 Å². The number of esters is 1. The van der Waals surface area contributed by atoms with E-state index in [1.165, 1.54) is 12.2 Å². The maximum absolute atomic E-state index is 11.9. The van der Waals surface area contributed by atoms with Crippen molar-refractivity contribution in [2.24, 2.45) is 0 Å². The first-order valence-corrected chi connectivity index (χ1v) is 7.60. The summed E-state index contributed by atoms with van der Waals surface area (Å²) in [5.41, 5.74) is 0.610. The lowest BCUT2D eigenvalue weighted by Crippen LogP contribution is -2.18. The second-order valence-electron chi connectivity index (χ2n) is 3.93. The number of rotatable bonds is 7. The van der Waals surface area contributed by atoms with Gasteiger partial charge < -0.3 is 4.74 Å². The summed E-state index contributed by atoms with van der Waals surface area (Å²) < 4.78 is 28.9. The van der Waals surface area contributed by atoms with Crippen LogP contribution in [0.5, 0.6) is 0 Å². The molecule has 106 valence electrons. The zero-order valence-electron chi connectivity index (χ0n) is 10.9. The van der Waals surface area contributed by atoms with E-state index in [0.29, 0.717) is 5.56 Å². The van der Waals surface area contributed by atoms with Crippen LogP contribution >= 0.6 is 0 Å². The molecule has 0 saturated heterocycles. The summed E-state index contributed by atoms with van der Waals surface area (Å²) in [4.78, 5) is 11.3. The lowest BCUT2D eigenvalue weighted by molar-refractivity contribution is -0.142. The molecule has 1 aromatic rings. The van der Waals surface area contributed by atoms with Gasteiger partial charge in [0.2, 0.25) is 0 Å². The smallest absolute Gasteiger partial charge is 0.330 e. The zero-order chi connectivity index (χ0) is 15.0. The van der Waals surface area contributed by atoms with Gasteiger partial charge in [-0.2, -0.15) is 0 Å². The maximum atomic E-state index is 11.9. The van der Waals surface area contributed by atoms with Crippen molar-refractivity contribution >= 4 is 15.8 Å². The van der Waals surface area contributed by atoms with Crippen molar-refractivity contribution in [1.82, 2.24) is 0 Å². The summed E-state index contributed by atoms with van der Waals surface area (Å²) in [5.74, 6) is -0.997. The van der Waals surface area contributed by atoms with Crippen LogP contribution in [0.1, 0.15) is 11.7 Å². The maximum Gasteiger partial charge on any atom is 0.330 e. The molecule has 1 atom stereocenters. The van der Waals surface area contributed by atoms with Crippen molar-refractivity contribution < 1.29 is 17.9 Å². The standard InChI is InChI=1S/C15H16O4S/c1-3-5-11-20(17,18)12-14(19-15(16)4-2)13-9-7-6-8-10-13/h3-11,14H,1-2,12H2/b11-5+. The van der Waals surface area contributed by atoms with Gasteiger partial charge in [0.05, 0.1) is 5.75 Å². The molecule has 0 amide bonds. The topological polar surface area (TPSA) is 60.4 Å². The van der Waals surface area contributed by atoms with Crippen LogP contribution < -0.4 is 0 Å². The molecule has 0 N–H and O–H groups in total. The predicted octanol–water partition coefficient (Wildman–Crippen LogP) is 2.57. The van der Waals surface area contributed by atoms with Gasteiger partial charge in [-0.05, 0) is 5.56 Å². The Hall–Kier alpha value is -2.14. The fourth-order valence-electron chi connectivity index (χ4n) is 1.50. The van der Waals surface area contributed by atoms with Crippen LogP contribution in [-0.2, 0) is 19.4 Å². The molecule has 4 nitrogen and oxygen atoms in total. The molecule has 5 heteroatoms. The summed E-state index contributed by atoms with van der Waals surface area (Å²) in [6, 6.07) is 8.69. The number of sulfone groups is 1. The Labute approximate surface area is 119 Å². The quantitative estimate of drug-likeness (QED) is 0.440. The fourth-order valence-corrected chi connectivity index (χ4v) is 2.64. The van der Waals surface area contributed by atoms with E-state index in [9.17, 15) is 13.2 Å². The third-order valence-corrected chi connectivity index (χ3v) is 3.74. The van der Waals surface area contributed by atoms with E-state index >= 15 is 0 Å². The largest absolute Gasteiger partial charge is 0.453 e. The van der Waals surface area contributed by atoms with Crippen molar-refractivity contribution in [2.75, 3.05) is 5.75 Å².